The van der Waals surface area contributed by atoms with Gasteiger partial charge in [-0.2, -0.15) is 0 Å². The Kier molecular flexibility index (Phi) is 11.0. The van der Waals surface area contributed by atoms with Crippen molar-refractivity contribution in [3.05, 3.63) is 127 Å². The van der Waals surface area contributed by atoms with Crippen molar-refractivity contribution in [2.24, 2.45) is 11.3 Å². The van der Waals surface area contributed by atoms with Crippen LogP contribution in [0.5, 0.6) is 0 Å². The van der Waals surface area contributed by atoms with E-state index in [1.165, 1.54) is 45.4 Å². The van der Waals surface area contributed by atoms with Gasteiger partial charge < -0.3 is 24.8 Å². The molecule has 3 aromatic carbocycles. The van der Waals surface area contributed by atoms with E-state index in [0.29, 0.717) is 9.54 Å². The zero-order chi connectivity index (χ0) is 34.3. The first-order valence-electron chi connectivity index (χ1n) is 18.6. The molecule has 0 aromatic heterocycles. The molecule has 0 spiro atoms. The Morgan fingerprint density at radius 2 is 1.24 bits per heavy atom. The van der Waals surface area contributed by atoms with Gasteiger partial charge in [0, 0.05) is 0 Å². The van der Waals surface area contributed by atoms with Crippen LogP contribution in [0.3, 0.4) is 0 Å². The maximum Gasteiger partial charge on any atom is -1.00 e. The number of hydrogen-bond donors (Lipinski definition) is 0. The van der Waals surface area contributed by atoms with Gasteiger partial charge in [0.25, 0.3) is 0 Å². The zero-order valence-corrected chi connectivity index (χ0v) is 36.2. The molecule has 0 bridgehead atoms. The Balaban J connectivity index is 0.00000243. The van der Waals surface area contributed by atoms with Gasteiger partial charge in [0.1, 0.15) is 0 Å². The minimum atomic E-state index is -2.72. The molecule has 0 nitrogen and oxygen atoms in total. The number of benzene rings is 3. The van der Waals surface area contributed by atoms with Crippen LogP contribution >= 0.6 is 0 Å². The van der Waals surface area contributed by atoms with Gasteiger partial charge in [0.05, 0.1) is 0 Å². The molecule has 262 valence electrons. The average molecular weight is 783 g/mol. The molecular formula is C47H56Cl2Zr. The van der Waals surface area contributed by atoms with Gasteiger partial charge in [-0.25, -0.2) is 0 Å². The van der Waals surface area contributed by atoms with Crippen molar-refractivity contribution in [1.29, 1.82) is 0 Å². The molecule has 3 heteroatoms. The van der Waals surface area contributed by atoms with Crippen LogP contribution in [0.4, 0.5) is 0 Å². The molecule has 0 N–H and O–H groups in total. The molecule has 4 aliphatic rings. The van der Waals surface area contributed by atoms with Gasteiger partial charge in [0.15, 0.2) is 0 Å². The van der Waals surface area contributed by atoms with Crippen molar-refractivity contribution in [2.75, 3.05) is 0 Å². The summed E-state index contributed by atoms with van der Waals surface area (Å²) >= 11 is -2.72. The molecule has 1 unspecified atom stereocenters. The first kappa shape index (κ1) is 39.2. The van der Waals surface area contributed by atoms with Crippen molar-refractivity contribution < 1.29 is 46.1 Å². The third-order valence-electron chi connectivity index (χ3n) is 12.2. The number of fused-ring (bicyclic) bond motifs is 5. The summed E-state index contributed by atoms with van der Waals surface area (Å²) in [4.78, 5) is 0. The average Bonchev–Trinajstić information content (AvgIpc) is 3.62. The normalized spacial score (nSPS) is 20.1. The van der Waals surface area contributed by atoms with E-state index in [4.69, 9.17) is 0 Å². The largest absolute Gasteiger partial charge is 1.00 e. The fourth-order valence-corrected chi connectivity index (χ4v) is 18.9. The second-order valence-electron chi connectivity index (χ2n) is 17.5. The third kappa shape index (κ3) is 6.45. The Morgan fingerprint density at radius 1 is 0.740 bits per heavy atom. The molecule has 0 aliphatic heterocycles. The SMILES string of the molecule is CC/[C](c1ccccc1)=[Zr+2](/[C]1=CC(C(C)(C)C)=CC1CC)[CH]1c2cc3c(cc2-c2cc4c(cc21)C(C)(C)CC=C4C)C(C)=CCC3(C)C.[Cl-].[Cl-]. The van der Waals surface area contributed by atoms with E-state index < -0.39 is 21.3 Å². The van der Waals surface area contributed by atoms with E-state index in [1.54, 1.807) is 31.0 Å². The first-order chi connectivity index (χ1) is 22.7. The summed E-state index contributed by atoms with van der Waals surface area (Å²) in [6, 6.07) is 22.3. The zero-order valence-electron chi connectivity index (χ0n) is 32.2. The van der Waals surface area contributed by atoms with Crippen molar-refractivity contribution in [1.82, 2.24) is 0 Å². The van der Waals surface area contributed by atoms with Crippen LogP contribution in [0, 0.1) is 11.3 Å². The minimum absolute atomic E-state index is 0. The number of halogens is 2. The maximum absolute atomic E-state index is 2.73. The third-order valence-corrected chi connectivity index (χ3v) is 21.2. The summed E-state index contributed by atoms with van der Waals surface area (Å²) < 4.78 is 4.05. The van der Waals surface area contributed by atoms with E-state index in [1.807, 2.05) is 3.28 Å². The van der Waals surface area contributed by atoms with Crippen LogP contribution in [0.2, 0.25) is 0 Å². The van der Waals surface area contributed by atoms with Crippen LogP contribution in [0.1, 0.15) is 144 Å². The summed E-state index contributed by atoms with van der Waals surface area (Å²) in [6.07, 6.45) is 14.9. The molecule has 4 aliphatic carbocycles. The van der Waals surface area contributed by atoms with Crippen LogP contribution in [-0.2, 0) is 32.1 Å². The molecule has 1 atom stereocenters. The van der Waals surface area contributed by atoms with Gasteiger partial charge in [-0.15, -0.1) is 0 Å². The fourth-order valence-electron chi connectivity index (χ4n) is 9.10. The van der Waals surface area contributed by atoms with Crippen molar-refractivity contribution in [3.8, 4) is 11.1 Å². The minimum Gasteiger partial charge on any atom is -1.00 e. The van der Waals surface area contributed by atoms with Crippen LogP contribution < -0.4 is 24.8 Å². The van der Waals surface area contributed by atoms with Crippen LogP contribution in [0.15, 0.2) is 87.8 Å². The van der Waals surface area contributed by atoms with E-state index in [0.717, 1.165) is 19.3 Å². The van der Waals surface area contributed by atoms with Crippen molar-refractivity contribution >= 4 is 14.4 Å². The second kappa shape index (κ2) is 14.1. The number of hydrogen-bond acceptors (Lipinski definition) is 0. The van der Waals surface area contributed by atoms with Crippen molar-refractivity contribution in [2.45, 2.75) is 116 Å². The topological polar surface area (TPSA) is 0 Å². The summed E-state index contributed by atoms with van der Waals surface area (Å²) in [5.41, 5.74) is 18.7. The van der Waals surface area contributed by atoms with E-state index in [2.05, 4.69) is 155 Å². The smallest absolute Gasteiger partial charge is 1.00 e. The van der Waals surface area contributed by atoms with Gasteiger partial charge in [-0.3, -0.25) is 0 Å². The molecule has 0 fully saturated rings. The van der Waals surface area contributed by atoms with Gasteiger partial charge in [0.2, 0.25) is 0 Å². The Morgan fingerprint density at radius 3 is 1.68 bits per heavy atom. The van der Waals surface area contributed by atoms with Crippen LogP contribution in [-0.4, -0.2) is 3.21 Å². The monoisotopic (exact) mass is 780 g/mol. The summed E-state index contributed by atoms with van der Waals surface area (Å²) in [5, 5.41) is 0. The summed E-state index contributed by atoms with van der Waals surface area (Å²) in [7, 11) is 0. The van der Waals surface area contributed by atoms with E-state index in [9.17, 15) is 0 Å². The fraction of sp³-hybridized carbons (Fsp3) is 0.426. The molecule has 0 saturated heterocycles. The summed E-state index contributed by atoms with van der Waals surface area (Å²) in [6.45, 7) is 26.6. The molecule has 0 heterocycles. The maximum atomic E-state index is 2.73. The predicted octanol–water partition coefficient (Wildman–Crippen LogP) is 7.08. The molecule has 50 heavy (non-hydrogen) atoms. The quantitative estimate of drug-likeness (QED) is 0.260. The first-order valence-corrected chi connectivity index (χ1v) is 22.5. The number of rotatable bonds is 5. The molecule has 3 aromatic rings. The molecular weight excluding hydrogens is 727 g/mol. The summed E-state index contributed by atoms with van der Waals surface area (Å²) in [5.74, 6) is 0.532. The van der Waals surface area contributed by atoms with Gasteiger partial charge in [-0.05, 0) is 0 Å². The van der Waals surface area contributed by atoms with Crippen molar-refractivity contribution in [3.63, 3.8) is 0 Å². The molecule has 0 saturated carbocycles. The predicted molar refractivity (Wildman–Crippen MR) is 207 cm³/mol. The standard InChI is InChI=1S/C27H29.C11H17.C9H10.2ClH.Zr/c1-16-7-9-26(3,4)24-12-18-11-19-13-25-21(17(2)8-10-27(25,5)6)15-23(19)22(18)14-20(16)24;1-5-9-6-7-10(8-9)11(2,3)4;1-2-6-9-7-4-3-5-8-9;;;/h7-8,11-15H,9-10H2,1-6H3;7-9H,5H2,1-4H3;3-5,7-8H,2H2,1H3;2*1H;/q;;;;;+2/p-2. The molecule has 7 rings (SSSR count). The number of allylic oxidation sites excluding steroid dienone is 8. The Hall–Kier alpha value is -2.05. The molecule has 0 radical (unpaired) electrons. The van der Waals surface area contributed by atoms with Gasteiger partial charge >= 0.3 is 301 Å². The van der Waals surface area contributed by atoms with Gasteiger partial charge in [-0.1, -0.05) is 0 Å². The molecule has 0 amide bonds. The Bertz CT molecular complexity index is 1900. The Labute approximate surface area is 323 Å². The van der Waals surface area contributed by atoms with E-state index in [-0.39, 0.29) is 41.1 Å². The second-order valence-corrected chi connectivity index (χ2v) is 23.8. The van der Waals surface area contributed by atoms with E-state index >= 15 is 0 Å². The van der Waals surface area contributed by atoms with Crippen LogP contribution in [0.25, 0.3) is 22.3 Å².